The van der Waals surface area contributed by atoms with E-state index in [0.29, 0.717) is 26.4 Å². The Balaban J connectivity index is 3.46. The molecule has 0 aromatic heterocycles. The molecule has 0 fully saturated rings. The summed E-state index contributed by atoms with van der Waals surface area (Å²) in [6.45, 7) is 10.5. The molecule has 115 valence electrons. The second-order valence-corrected chi connectivity index (χ2v) is 7.86. The Morgan fingerprint density at radius 2 is 1.68 bits per heavy atom. The largest absolute Gasteiger partial charge is 0.414 e. The number of hydrogen-bond donors (Lipinski definition) is 2. The summed E-state index contributed by atoms with van der Waals surface area (Å²) in [7, 11) is -0.852. The average molecular weight is 293 g/mol. The lowest BCUT2D eigenvalue weighted by molar-refractivity contribution is -0.0153. The third-order valence-corrected chi connectivity index (χ3v) is 4.44. The van der Waals surface area contributed by atoms with Gasteiger partial charge in [0.05, 0.1) is 45.7 Å². The minimum Gasteiger partial charge on any atom is -0.414 e. The van der Waals surface area contributed by atoms with Gasteiger partial charge in [-0.3, -0.25) is 0 Å². The lowest BCUT2D eigenvalue weighted by atomic mass is 10.0. The quantitative estimate of drug-likeness (QED) is 0.440. The number of ether oxygens (including phenoxy) is 2. The molecular formula is C13H29O5Si. The molecular weight excluding hydrogens is 264 g/mol. The first-order chi connectivity index (χ1) is 8.85. The predicted octanol–water partition coefficient (Wildman–Crippen LogP) is 1.06. The topological polar surface area (TPSA) is 68.2 Å². The monoisotopic (exact) mass is 293 g/mol. The second-order valence-electron chi connectivity index (χ2n) is 5.82. The summed E-state index contributed by atoms with van der Waals surface area (Å²) in [6.07, 6.45) is -0.585. The lowest BCUT2D eigenvalue weighted by Crippen LogP contribution is -2.29. The first-order valence-electron chi connectivity index (χ1n) is 6.75. The van der Waals surface area contributed by atoms with Crippen LogP contribution in [0.1, 0.15) is 20.8 Å². The number of hydrogen-bond acceptors (Lipinski definition) is 5. The molecule has 0 aromatic rings. The maximum Gasteiger partial charge on any atom is 0.208 e. The van der Waals surface area contributed by atoms with Gasteiger partial charge in [0, 0.05) is 0 Å². The lowest BCUT2D eigenvalue weighted by Gasteiger charge is -2.22. The van der Waals surface area contributed by atoms with Crippen molar-refractivity contribution in [2.75, 3.05) is 39.6 Å². The smallest absolute Gasteiger partial charge is 0.208 e. The van der Waals surface area contributed by atoms with Crippen LogP contribution >= 0.6 is 0 Å². The summed E-state index contributed by atoms with van der Waals surface area (Å²) in [6, 6.07) is 1.06. The van der Waals surface area contributed by atoms with Crippen LogP contribution in [0.3, 0.4) is 0 Å². The van der Waals surface area contributed by atoms with Crippen molar-refractivity contribution in [2.24, 2.45) is 5.41 Å². The summed E-state index contributed by atoms with van der Waals surface area (Å²) >= 11 is 0. The van der Waals surface area contributed by atoms with E-state index in [0.717, 1.165) is 6.04 Å². The average Bonchev–Trinajstić information content (AvgIpc) is 2.29. The highest BCUT2D eigenvalue weighted by Crippen LogP contribution is 2.21. The molecule has 0 aliphatic heterocycles. The maximum absolute atomic E-state index is 9.68. The van der Waals surface area contributed by atoms with E-state index in [9.17, 15) is 5.11 Å². The summed E-state index contributed by atoms with van der Waals surface area (Å²) in [5.74, 6) is 0. The second kappa shape index (κ2) is 10.8. The van der Waals surface area contributed by atoms with Crippen LogP contribution in [0.5, 0.6) is 0 Å². The van der Waals surface area contributed by atoms with Crippen LogP contribution in [-0.2, 0) is 13.9 Å². The van der Waals surface area contributed by atoms with Gasteiger partial charge in [-0.25, -0.2) is 0 Å². The van der Waals surface area contributed by atoms with E-state index in [2.05, 4.69) is 27.3 Å². The molecule has 0 rings (SSSR count). The van der Waals surface area contributed by atoms with E-state index in [1.807, 2.05) is 0 Å². The number of aliphatic hydroxyl groups is 2. The van der Waals surface area contributed by atoms with E-state index in [1.165, 1.54) is 0 Å². The molecule has 0 bridgehead atoms. The Morgan fingerprint density at radius 3 is 2.26 bits per heavy atom. The molecule has 0 spiro atoms. The van der Waals surface area contributed by atoms with E-state index in [4.69, 9.17) is 19.0 Å². The van der Waals surface area contributed by atoms with Crippen molar-refractivity contribution in [3.63, 3.8) is 0 Å². The molecule has 0 saturated heterocycles. The van der Waals surface area contributed by atoms with Gasteiger partial charge in [0.15, 0.2) is 0 Å². The van der Waals surface area contributed by atoms with Crippen LogP contribution in [-0.4, -0.2) is 65.0 Å². The summed E-state index contributed by atoms with van der Waals surface area (Å²) in [4.78, 5) is 0. The Labute approximate surface area is 118 Å². The Kier molecular flexibility index (Phi) is 10.8. The molecule has 2 N–H and O–H groups in total. The van der Waals surface area contributed by atoms with Crippen molar-refractivity contribution in [3.05, 3.63) is 0 Å². The maximum atomic E-state index is 9.68. The van der Waals surface area contributed by atoms with Crippen LogP contribution in [0.4, 0.5) is 0 Å². The number of aliphatic hydroxyl groups excluding tert-OH is 2. The SMILES string of the molecule is C[Si](CC(C)(C)C)OCC(O)COCCOCCO. The van der Waals surface area contributed by atoms with Gasteiger partial charge in [0.25, 0.3) is 0 Å². The third-order valence-electron chi connectivity index (χ3n) is 2.22. The molecule has 0 aliphatic rings. The van der Waals surface area contributed by atoms with Crippen LogP contribution < -0.4 is 0 Å². The van der Waals surface area contributed by atoms with Gasteiger partial charge in [-0.1, -0.05) is 20.8 Å². The van der Waals surface area contributed by atoms with Crippen molar-refractivity contribution in [2.45, 2.75) is 39.5 Å². The fraction of sp³-hybridized carbons (Fsp3) is 1.00. The van der Waals surface area contributed by atoms with Gasteiger partial charge in [-0.15, -0.1) is 0 Å². The summed E-state index contributed by atoms with van der Waals surface area (Å²) in [5.41, 5.74) is 0.272. The molecule has 0 saturated carbocycles. The Hall–Kier alpha value is 0.0169. The minimum atomic E-state index is -0.852. The van der Waals surface area contributed by atoms with Gasteiger partial charge in [0.2, 0.25) is 9.04 Å². The van der Waals surface area contributed by atoms with Gasteiger partial charge in [0.1, 0.15) is 0 Å². The zero-order valence-electron chi connectivity index (χ0n) is 12.6. The van der Waals surface area contributed by atoms with E-state index in [-0.39, 0.29) is 18.6 Å². The fourth-order valence-electron chi connectivity index (χ4n) is 1.59. The van der Waals surface area contributed by atoms with Gasteiger partial charge in [-0.05, 0) is 18.0 Å². The highest BCUT2D eigenvalue weighted by molar-refractivity contribution is 6.50. The zero-order valence-corrected chi connectivity index (χ0v) is 13.6. The fourth-order valence-corrected chi connectivity index (χ4v) is 3.66. The van der Waals surface area contributed by atoms with Crippen molar-refractivity contribution >= 4 is 9.04 Å². The van der Waals surface area contributed by atoms with Crippen molar-refractivity contribution in [1.82, 2.24) is 0 Å². The molecule has 5 nitrogen and oxygen atoms in total. The standard InChI is InChI=1S/C13H29O5Si/c1-13(2,3)11-19(4)18-10-12(15)9-17-8-7-16-6-5-14/h12,14-15H,5-11H2,1-4H3. The minimum absolute atomic E-state index is 0.0194. The van der Waals surface area contributed by atoms with Gasteiger partial charge >= 0.3 is 0 Å². The summed E-state index contributed by atoms with van der Waals surface area (Å²) < 4.78 is 16.0. The third kappa shape index (κ3) is 14.2. The Morgan fingerprint density at radius 1 is 1.05 bits per heavy atom. The molecule has 1 atom stereocenters. The highest BCUT2D eigenvalue weighted by atomic mass is 28.3. The van der Waals surface area contributed by atoms with Crippen LogP contribution in [0.15, 0.2) is 0 Å². The first kappa shape index (κ1) is 19.0. The van der Waals surface area contributed by atoms with Crippen molar-refractivity contribution in [1.29, 1.82) is 0 Å². The zero-order chi connectivity index (χ0) is 14.7. The molecule has 0 aromatic carbocycles. The Bertz CT molecular complexity index is 208. The number of rotatable bonds is 11. The van der Waals surface area contributed by atoms with E-state index in [1.54, 1.807) is 0 Å². The van der Waals surface area contributed by atoms with E-state index >= 15 is 0 Å². The first-order valence-corrected chi connectivity index (χ1v) is 8.86. The van der Waals surface area contributed by atoms with Crippen molar-refractivity contribution < 1.29 is 24.1 Å². The molecule has 1 radical (unpaired) electrons. The van der Waals surface area contributed by atoms with Crippen LogP contribution in [0.2, 0.25) is 12.6 Å². The normalized spacial score (nSPS) is 14.1. The molecule has 19 heavy (non-hydrogen) atoms. The molecule has 0 amide bonds. The van der Waals surface area contributed by atoms with Crippen molar-refractivity contribution in [3.8, 4) is 0 Å². The molecule has 0 heterocycles. The molecule has 0 aliphatic carbocycles. The van der Waals surface area contributed by atoms with Gasteiger partial charge in [-0.2, -0.15) is 0 Å². The van der Waals surface area contributed by atoms with Crippen LogP contribution in [0, 0.1) is 5.41 Å². The predicted molar refractivity (Wildman–Crippen MR) is 76.6 cm³/mol. The molecule has 6 heteroatoms. The highest BCUT2D eigenvalue weighted by Gasteiger charge is 2.18. The van der Waals surface area contributed by atoms with Gasteiger partial charge < -0.3 is 24.1 Å². The van der Waals surface area contributed by atoms with Crippen LogP contribution in [0.25, 0.3) is 0 Å². The molecule has 1 unspecified atom stereocenters. The van der Waals surface area contributed by atoms with E-state index < -0.39 is 15.1 Å². The summed E-state index contributed by atoms with van der Waals surface area (Å²) in [5, 5.41) is 18.2.